The Morgan fingerprint density at radius 2 is 1.91 bits per heavy atom. The Kier molecular flexibility index (Phi) is 6.81. The van der Waals surface area contributed by atoms with E-state index in [0.717, 1.165) is 27.5 Å². The van der Waals surface area contributed by atoms with E-state index in [0.29, 0.717) is 11.3 Å². The Bertz CT molecular complexity index is 1430. The molecule has 35 heavy (non-hydrogen) atoms. The van der Waals surface area contributed by atoms with E-state index in [4.69, 9.17) is 5.73 Å². The second-order valence-corrected chi connectivity index (χ2v) is 9.70. The summed E-state index contributed by atoms with van der Waals surface area (Å²) in [6.45, 7) is 2.07. The van der Waals surface area contributed by atoms with Crippen molar-refractivity contribution in [2.45, 2.75) is 26.1 Å². The number of aromatic nitrogens is 3. The van der Waals surface area contributed by atoms with Crippen molar-refractivity contribution in [1.82, 2.24) is 14.8 Å². The maximum absolute atomic E-state index is 13.6. The van der Waals surface area contributed by atoms with Gasteiger partial charge in [-0.15, -0.1) is 11.3 Å². The number of carbonyl (C=O) groups is 2. The minimum absolute atomic E-state index is 0.0211. The van der Waals surface area contributed by atoms with Crippen molar-refractivity contribution in [2.75, 3.05) is 5.32 Å². The van der Waals surface area contributed by atoms with E-state index >= 15 is 0 Å². The molecule has 0 aliphatic carbocycles. The molecule has 0 saturated heterocycles. The number of carbonyl (C=O) groups excluding carboxylic acids is 2. The van der Waals surface area contributed by atoms with Crippen molar-refractivity contribution in [3.05, 3.63) is 62.2 Å². The van der Waals surface area contributed by atoms with Crippen LogP contribution in [-0.2, 0) is 17.5 Å². The summed E-state index contributed by atoms with van der Waals surface area (Å²) >= 11 is 2.76. The molecule has 4 aromatic rings. The summed E-state index contributed by atoms with van der Waals surface area (Å²) < 4.78 is 56.7. The molecule has 3 heterocycles. The van der Waals surface area contributed by atoms with E-state index in [1.54, 1.807) is 10.9 Å². The molecule has 0 unspecified atom stereocenters. The molecule has 0 aliphatic rings. The number of anilines is 1. The third kappa shape index (κ3) is 5.29. The highest BCUT2D eigenvalue weighted by Gasteiger charge is 2.35. The number of amides is 2. The Hall–Kier alpha value is -3.07. The number of primary amides is 1. The lowest BCUT2D eigenvalue weighted by atomic mass is 10.0. The number of alkyl halides is 3. The van der Waals surface area contributed by atoms with E-state index in [1.165, 1.54) is 12.1 Å². The molecule has 3 N–H and O–H groups in total. The number of hydrogen-bond acceptors (Lipinski definition) is 5. The molecule has 0 bridgehead atoms. The summed E-state index contributed by atoms with van der Waals surface area (Å²) in [6, 6.07) is 5.61. The van der Waals surface area contributed by atoms with Crippen molar-refractivity contribution >= 4 is 61.6 Å². The zero-order valence-electron chi connectivity index (χ0n) is 17.9. The first-order chi connectivity index (χ1) is 16.4. The van der Waals surface area contributed by atoms with Gasteiger partial charge >= 0.3 is 6.18 Å². The minimum atomic E-state index is -4.78. The smallest absolute Gasteiger partial charge is 0.365 e. The fraction of sp³-hybridized carbons (Fsp3) is 0.182. The average molecular weight is 617 g/mol. The highest BCUT2D eigenvalue weighted by atomic mass is 127. The maximum atomic E-state index is 13.6. The van der Waals surface area contributed by atoms with Gasteiger partial charge in [0.15, 0.2) is 0 Å². The first-order valence-corrected chi connectivity index (χ1v) is 11.9. The Labute approximate surface area is 213 Å². The van der Waals surface area contributed by atoms with Gasteiger partial charge in [-0.1, -0.05) is 12.1 Å². The predicted molar refractivity (Wildman–Crippen MR) is 131 cm³/mol. The molecular formula is C22H16F4IN5O2S. The predicted octanol–water partition coefficient (Wildman–Crippen LogP) is 5.36. The molecule has 0 atom stereocenters. The molecule has 1 aromatic carbocycles. The summed E-state index contributed by atoms with van der Waals surface area (Å²) in [6.07, 6.45) is -3.03. The fourth-order valence-corrected chi connectivity index (χ4v) is 4.86. The van der Waals surface area contributed by atoms with Crippen LogP contribution in [0.4, 0.5) is 23.2 Å². The molecule has 0 spiro atoms. The van der Waals surface area contributed by atoms with Crippen LogP contribution in [0.1, 0.15) is 27.5 Å². The Morgan fingerprint density at radius 3 is 2.49 bits per heavy atom. The zero-order valence-corrected chi connectivity index (χ0v) is 20.9. The van der Waals surface area contributed by atoms with Crippen LogP contribution in [0.3, 0.4) is 0 Å². The third-order valence-corrected chi connectivity index (χ3v) is 7.21. The number of nitrogens with two attached hydrogens (primary N) is 1. The van der Waals surface area contributed by atoms with Gasteiger partial charge in [-0.25, -0.2) is 9.37 Å². The molecular weight excluding hydrogens is 601 g/mol. The lowest BCUT2D eigenvalue weighted by molar-refractivity contribution is -0.140. The zero-order chi connectivity index (χ0) is 25.5. The second kappa shape index (κ2) is 9.53. The molecule has 0 aliphatic heterocycles. The van der Waals surface area contributed by atoms with Gasteiger partial charge in [0.1, 0.15) is 21.2 Å². The number of fused-ring (bicyclic) bond motifs is 1. The fourth-order valence-electron chi connectivity index (χ4n) is 3.42. The molecule has 0 fully saturated rings. The quantitative estimate of drug-likeness (QED) is 0.225. The molecule has 0 radical (unpaired) electrons. The van der Waals surface area contributed by atoms with Crippen LogP contribution in [0.15, 0.2) is 36.5 Å². The SMILES string of the molecule is Cc1nn(CCC(=O)Nc2c(C(N)=O)sc3nc(C(F)(F)F)cc(-c4ccc(F)cc4)c23)cc1I. The van der Waals surface area contributed by atoms with Crippen molar-refractivity contribution in [3.8, 4) is 11.1 Å². The standard InChI is InChI=1S/C22H16F4IN5O2S/c1-10-14(27)9-32(31-10)7-6-16(33)30-18-17-13(11-2-4-12(23)5-3-11)8-15(22(24,25)26)29-21(17)35-19(18)20(28)34/h2-5,8-9H,6-7H2,1H3,(H2,28,34)(H,30,33). The van der Waals surface area contributed by atoms with Crippen LogP contribution >= 0.6 is 33.9 Å². The van der Waals surface area contributed by atoms with Gasteiger partial charge in [0, 0.05) is 24.5 Å². The molecule has 4 rings (SSSR count). The number of nitrogens with one attached hydrogen (secondary N) is 1. The van der Waals surface area contributed by atoms with E-state index in [1.807, 2.05) is 6.92 Å². The Balaban J connectivity index is 1.80. The van der Waals surface area contributed by atoms with Gasteiger partial charge in [0.25, 0.3) is 5.91 Å². The average Bonchev–Trinajstić information content (AvgIpc) is 3.31. The number of hydrogen-bond donors (Lipinski definition) is 2. The first-order valence-electron chi connectivity index (χ1n) is 10.0. The number of rotatable bonds is 6. The molecule has 0 saturated carbocycles. The van der Waals surface area contributed by atoms with E-state index in [2.05, 4.69) is 38.0 Å². The van der Waals surface area contributed by atoms with Gasteiger partial charge < -0.3 is 11.1 Å². The lowest BCUT2D eigenvalue weighted by Gasteiger charge is -2.12. The lowest BCUT2D eigenvalue weighted by Crippen LogP contribution is -2.18. The highest BCUT2D eigenvalue weighted by molar-refractivity contribution is 14.1. The van der Waals surface area contributed by atoms with Gasteiger partial charge in [0.05, 0.1) is 15.0 Å². The summed E-state index contributed by atoms with van der Waals surface area (Å²) in [5.74, 6) is -2.00. The third-order valence-electron chi connectivity index (χ3n) is 5.05. The van der Waals surface area contributed by atoms with Crippen LogP contribution in [-0.4, -0.2) is 26.6 Å². The minimum Gasteiger partial charge on any atom is -0.365 e. The number of halogens is 5. The normalized spacial score (nSPS) is 11.7. The summed E-state index contributed by atoms with van der Waals surface area (Å²) in [4.78, 5) is 28.3. The molecule has 2 amide bonds. The van der Waals surface area contributed by atoms with Crippen LogP contribution in [0.5, 0.6) is 0 Å². The number of nitrogens with zero attached hydrogens (tertiary/aromatic N) is 3. The summed E-state index contributed by atoms with van der Waals surface area (Å²) in [5, 5.41) is 7.01. The first kappa shape index (κ1) is 25.0. The monoisotopic (exact) mass is 617 g/mol. The largest absolute Gasteiger partial charge is 0.433 e. The van der Waals surface area contributed by atoms with Crippen molar-refractivity contribution < 1.29 is 27.2 Å². The summed E-state index contributed by atoms with van der Waals surface area (Å²) in [5.41, 5.74) is 5.33. The topological polar surface area (TPSA) is 103 Å². The van der Waals surface area contributed by atoms with Gasteiger partial charge in [0.2, 0.25) is 5.91 Å². The van der Waals surface area contributed by atoms with Crippen molar-refractivity contribution in [2.24, 2.45) is 5.73 Å². The van der Waals surface area contributed by atoms with E-state index in [-0.39, 0.29) is 44.9 Å². The van der Waals surface area contributed by atoms with Crippen molar-refractivity contribution in [1.29, 1.82) is 0 Å². The maximum Gasteiger partial charge on any atom is 0.433 e. The second-order valence-electron chi connectivity index (χ2n) is 7.53. The van der Waals surface area contributed by atoms with E-state index in [9.17, 15) is 27.2 Å². The number of thiophene rings is 1. The highest BCUT2D eigenvalue weighted by Crippen LogP contribution is 2.43. The number of aryl methyl sites for hydroxylation is 2. The van der Waals surface area contributed by atoms with Crippen molar-refractivity contribution in [3.63, 3.8) is 0 Å². The number of pyridine rings is 1. The van der Waals surface area contributed by atoms with Gasteiger partial charge in [-0.2, -0.15) is 18.3 Å². The van der Waals surface area contributed by atoms with Gasteiger partial charge in [-0.3, -0.25) is 14.3 Å². The molecule has 182 valence electrons. The number of benzene rings is 1. The molecule has 13 heteroatoms. The molecule has 3 aromatic heterocycles. The van der Waals surface area contributed by atoms with Crippen LogP contribution in [0, 0.1) is 16.3 Å². The van der Waals surface area contributed by atoms with Gasteiger partial charge in [-0.05, 0) is 58.8 Å². The van der Waals surface area contributed by atoms with Crippen LogP contribution in [0.25, 0.3) is 21.3 Å². The van der Waals surface area contributed by atoms with Crippen LogP contribution in [0.2, 0.25) is 0 Å². The van der Waals surface area contributed by atoms with Crippen LogP contribution < -0.4 is 11.1 Å². The molecule has 7 nitrogen and oxygen atoms in total. The Morgan fingerprint density at radius 1 is 1.23 bits per heavy atom. The summed E-state index contributed by atoms with van der Waals surface area (Å²) in [7, 11) is 0. The van der Waals surface area contributed by atoms with E-state index < -0.39 is 29.5 Å².